The van der Waals surface area contributed by atoms with Crippen molar-refractivity contribution in [2.75, 3.05) is 6.54 Å². The van der Waals surface area contributed by atoms with E-state index >= 15 is 0 Å². The molecule has 0 radical (unpaired) electrons. The van der Waals surface area contributed by atoms with Crippen LogP contribution in [-0.4, -0.2) is 29.7 Å². The van der Waals surface area contributed by atoms with Gasteiger partial charge >= 0.3 is 0 Å². The molecule has 0 rings (SSSR count). The summed E-state index contributed by atoms with van der Waals surface area (Å²) >= 11 is 0. The first-order chi connectivity index (χ1) is 4.59. The van der Waals surface area contributed by atoms with Gasteiger partial charge < -0.3 is 16.2 Å². The number of likely N-dealkylation sites (N-methyl/N-ethyl adjacent to an activating group) is 1. The van der Waals surface area contributed by atoms with Crippen LogP contribution < -0.4 is 11.1 Å². The van der Waals surface area contributed by atoms with Crippen molar-refractivity contribution in [3.63, 3.8) is 0 Å². The number of rotatable bonds is 3. The Kier molecular flexibility index (Phi) is 7.72. The molecule has 0 aromatic heterocycles. The molecule has 0 saturated heterocycles. The molecule has 0 aliphatic carbocycles. The summed E-state index contributed by atoms with van der Waals surface area (Å²) in [6.45, 7) is 3.83. The maximum Gasteiger partial charge on any atom is 0.239 e. The summed E-state index contributed by atoms with van der Waals surface area (Å²) in [5, 5.41) is 11.3. The summed E-state index contributed by atoms with van der Waals surface area (Å²) in [7, 11) is 0. The highest BCUT2D eigenvalue weighted by atomic mass is 35.5. The first-order valence-electron chi connectivity index (χ1n) is 3.31. The smallest absolute Gasteiger partial charge is 0.239 e. The van der Waals surface area contributed by atoms with Crippen LogP contribution in [0.25, 0.3) is 0 Å². The topological polar surface area (TPSA) is 75.4 Å². The molecule has 2 atom stereocenters. The first kappa shape index (κ1) is 13.3. The molecule has 68 valence electrons. The van der Waals surface area contributed by atoms with E-state index in [2.05, 4.69) is 5.32 Å². The predicted molar refractivity (Wildman–Crippen MR) is 45.6 cm³/mol. The van der Waals surface area contributed by atoms with Crippen molar-refractivity contribution >= 4 is 18.3 Å². The quantitative estimate of drug-likeness (QED) is 0.538. The van der Waals surface area contributed by atoms with E-state index in [1.807, 2.05) is 0 Å². The third kappa shape index (κ3) is 5.01. The van der Waals surface area contributed by atoms with Gasteiger partial charge in [0.05, 0.1) is 6.10 Å². The van der Waals surface area contributed by atoms with Gasteiger partial charge in [-0.15, -0.1) is 12.4 Å². The molecule has 5 heteroatoms. The van der Waals surface area contributed by atoms with Crippen LogP contribution in [0.15, 0.2) is 0 Å². The van der Waals surface area contributed by atoms with Gasteiger partial charge in [-0.05, 0) is 13.8 Å². The average Bonchev–Trinajstić information content (AvgIpc) is 1.87. The molecule has 1 amide bonds. The fourth-order valence-corrected chi connectivity index (χ4v) is 0.511. The lowest BCUT2D eigenvalue weighted by Gasteiger charge is -2.12. The van der Waals surface area contributed by atoms with Gasteiger partial charge in [0.1, 0.15) is 6.04 Å². The van der Waals surface area contributed by atoms with E-state index in [1.54, 1.807) is 6.92 Å². The van der Waals surface area contributed by atoms with E-state index < -0.39 is 12.1 Å². The zero-order valence-electron chi connectivity index (χ0n) is 6.70. The monoisotopic (exact) mass is 182 g/mol. The third-order valence-corrected chi connectivity index (χ3v) is 1.17. The molecule has 4 N–H and O–H groups in total. The minimum absolute atomic E-state index is 0. The van der Waals surface area contributed by atoms with Gasteiger partial charge in [-0.3, -0.25) is 4.79 Å². The van der Waals surface area contributed by atoms with Crippen LogP contribution in [-0.2, 0) is 4.79 Å². The number of hydrogen-bond acceptors (Lipinski definition) is 3. The lowest BCUT2D eigenvalue weighted by atomic mass is 10.2. The van der Waals surface area contributed by atoms with Gasteiger partial charge in [0.25, 0.3) is 0 Å². The molecule has 0 bridgehead atoms. The zero-order valence-corrected chi connectivity index (χ0v) is 7.52. The molecular weight excluding hydrogens is 168 g/mol. The highest BCUT2D eigenvalue weighted by Crippen LogP contribution is 1.86. The average molecular weight is 183 g/mol. The van der Waals surface area contributed by atoms with Crippen molar-refractivity contribution in [1.82, 2.24) is 5.32 Å². The number of amides is 1. The fourth-order valence-electron chi connectivity index (χ4n) is 0.511. The normalized spacial score (nSPS) is 14.5. The van der Waals surface area contributed by atoms with E-state index in [4.69, 9.17) is 10.8 Å². The standard InChI is InChI=1S/C6H14N2O2.ClH/c1-3-8-6(10)5(7)4(2)9;/h4-5,9H,3,7H2,1-2H3,(H,8,10);1H/t4-,5+;/m1./s1. The Morgan fingerprint density at radius 2 is 2.18 bits per heavy atom. The maximum atomic E-state index is 10.8. The lowest BCUT2D eigenvalue weighted by Crippen LogP contribution is -2.47. The van der Waals surface area contributed by atoms with Crippen molar-refractivity contribution in [1.29, 1.82) is 0 Å². The highest BCUT2D eigenvalue weighted by Gasteiger charge is 2.16. The summed E-state index contributed by atoms with van der Waals surface area (Å²) < 4.78 is 0. The van der Waals surface area contributed by atoms with Gasteiger partial charge in [0, 0.05) is 6.54 Å². The Bertz CT molecular complexity index is 119. The Labute approximate surface area is 72.6 Å². The van der Waals surface area contributed by atoms with Crippen LogP contribution in [0.3, 0.4) is 0 Å². The second-order valence-electron chi connectivity index (χ2n) is 2.16. The summed E-state index contributed by atoms with van der Waals surface area (Å²) in [5.41, 5.74) is 5.28. The molecular formula is C6H15ClN2O2. The summed E-state index contributed by atoms with van der Waals surface area (Å²) in [6, 6.07) is -0.806. The number of hydrogen-bond donors (Lipinski definition) is 3. The molecule has 0 unspecified atom stereocenters. The number of aliphatic hydroxyl groups excluding tert-OH is 1. The minimum Gasteiger partial charge on any atom is -0.391 e. The van der Waals surface area contributed by atoms with E-state index in [0.717, 1.165) is 0 Å². The zero-order chi connectivity index (χ0) is 8.15. The summed E-state index contributed by atoms with van der Waals surface area (Å²) in [5.74, 6) is -0.308. The van der Waals surface area contributed by atoms with E-state index in [1.165, 1.54) is 6.92 Å². The number of nitrogens with two attached hydrogens (primary N) is 1. The Hall–Kier alpha value is -0.320. The van der Waals surface area contributed by atoms with E-state index in [-0.39, 0.29) is 18.3 Å². The molecule has 4 nitrogen and oxygen atoms in total. The second kappa shape index (κ2) is 6.39. The molecule has 0 fully saturated rings. The molecule has 0 aliphatic heterocycles. The van der Waals surface area contributed by atoms with Gasteiger partial charge in [-0.1, -0.05) is 0 Å². The van der Waals surface area contributed by atoms with Crippen LogP contribution >= 0.6 is 12.4 Å². The number of nitrogens with one attached hydrogen (secondary N) is 1. The Morgan fingerprint density at radius 3 is 2.45 bits per heavy atom. The van der Waals surface area contributed by atoms with Crippen molar-refractivity contribution in [3.8, 4) is 0 Å². The van der Waals surface area contributed by atoms with Crippen LogP contribution in [0.5, 0.6) is 0 Å². The van der Waals surface area contributed by atoms with Crippen molar-refractivity contribution in [2.45, 2.75) is 26.0 Å². The van der Waals surface area contributed by atoms with Gasteiger partial charge in [-0.2, -0.15) is 0 Å². The third-order valence-electron chi connectivity index (χ3n) is 1.17. The largest absolute Gasteiger partial charge is 0.391 e. The molecule has 0 heterocycles. The number of carbonyl (C=O) groups excluding carboxylic acids is 1. The van der Waals surface area contributed by atoms with Crippen molar-refractivity contribution in [3.05, 3.63) is 0 Å². The van der Waals surface area contributed by atoms with Gasteiger partial charge in [0.2, 0.25) is 5.91 Å². The summed E-state index contributed by atoms with van der Waals surface area (Å²) in [6.07, 6.45) is -0.786. The van der Waals surface area contributed by atoms with E-state index in [0.29, 0.717) is 6.54 Å². The molecule has 11 heavy (non-hydrogen) atoms. The van der Waals surface area contributed by atoms with Crippen LogP contribution in [0.1, 0.15) is 13.8 Å². The van der Waals surface area contributed by atoms with Crippen LogP contribution in [0, 0.1) is 0 Å². The Balaban J connectivity index is 0. The fraction of sp³-hybridized carbons (Fsp3) is 0.833. The second-order valence-corrected chi connectivity index (χ2v) is 2.16. The van der Waals surface area contributed by atoms with Crippen molar-refractivity contribution < 1.29 is 9.90 Å². The predicted octanol–water partition coefficient (Wildman–Crippen LogP) is -0.748. The van der Waals surface area contributed by atoms with Gasteiger partial charge in [-0.25, -0.2) is 0 Å². The highest BCUT2D eigenvalue weighted by molar-refractivity contribution is 5.85. The lowest BCUT2D eigenvalue weighted by molar-refractivity contribution is -0.124. The molecule has 0 saturated carbocycles. The minimum atomic E-state index is -0.806. The first-order valence-corrected chi connectivity index (χ1v) is 3.31. The Morgan fingerprint density at radius 1 is 1.73 bits per heavy atom. The molecule has 0 aromatic rings. The molecule has 0 spiro atoms. The maximum absolute atomic E-state index is 10.8. The van der Waals surface area contributed by atoms with E-state index in [9.17, 15) is 4.79 Å². The SMILES string of the molecule is CCNC(=O)[C@@H](N)[C@@H](C)O.Cl. The van der Waals surface area contributed by atoms with Crippen LogP contribution in [0.2, 0.25) is 0 Å². The summed E-state index contributed by atoms with van der Waals surface area (Å²) in [4.78, 5) is 10.8. The van der Waals surface area contributed by atoms with Gasteiger partial charge in [0.15, 0.2) is 0 Å². The van der Waals surface area contributed by atoms with Crippen LogP contribution in [0.4, 0.5) is 0 Å². The number of aliphatic hydroxyl groups is 1. The molecule has 0 aromatic carbocycles. The molecule has 0 aliphatic rings. The number of carbonyl (C=O) groups is 1. The van der Waals surface area contributed by atoms with Crippen molar-refractivity contribution in [2.24, 2.45) is 5.73 Å². The number of halogens is 1.